The summed E-state index contributed by atoms with van der Waals surface area (Å²) in [6.07, 6.45) is 0.992. The van der Waals surface area contributed by atoms with Gasteiger partial charge in [0, 0.05) is 30.4 Å². The molecule has 3 N–H and O–H groups in total. The highest BCUT2D eigenvalue weighted by atomic mass is 16.5. The Morgan fingerprint density at radius 3 is 2.76 bits per heavy atom. The van der Waals surface area contributed by atoms with Crippen molar-refractivity contribution in [1.29, 1.82) is 0 Å². The van der Waals surface area contributed by atoms with Crippen LogP contribution < -0.4 is 15.8 Å². The van der Waals surface area contributed by atoms with E-state index in [1.54, 1.807) is 24.4 Å². The molecule has 25 heavy (non-hydrogen) atoms. The molecule has 1 aromatic heterocycles. The van der Waals surface area contributed by atoms with Gasteiger partial charge in [0.25, 0.3) is 0 Å². The molecule has 0 radical (unpaired) electrons. The summed E-state index contributed by atoms with van der Waals surface area (Å²) >= 11 is 0. The number of benzene rings is 1. The predicted octanol–water partition coefficient (Wildman–Crippen LogP) is 1.58. The smallest absolute Gasteiger partial charge is 0.248 e. The molecule has 0 aliphatic carbocycles. The van der Waals surface area contributed by atoms with E-state index in [2.05, 4.69) is 10.3 Å². The number of amides is 1. The van der Waals surface area contributed by atoms with E-state index in [0.717, 1.165) is 5.56 Å². The predicted molar refractivity (Wildman–Crippen MR) is 93.4 cm³/mol. The van der Waals surface area contributed by atoms with Gasteiger partial charge in [0.15, 0.2) is 11.9 Å². The van der Waals surface area contributed by atoms with Crippen LogP contribution in [-0.2, 0) is 16.8 Å². The lowest BCUT2D eigenvalue weighted by Crippen LogP contribution is -2.45. The number of carbonyl (C=O) groups excluding carboxylic acids is 2. The molecule has 0 bridgehead atoms. The van der Waals surface area contributed by atoms with E-state index in [9.17, 15) is 9.59 Å². The number of rotatable bonds is 4. The number of carbonyl (C=O) groups is 2. The van der Waals surface area contributed by atoms with Crippen LogP contribution in [0.5, 0.6) is 5.75 Å². The fourth-order valence-electron chi connectivity index (χ4n) is 2.90. The number of ether oxygens (including phenoxy) is 1. The van der Waals surface area contributed by atoms with Crippen LogP contribution in [0.4, 0.5) is 0 Å². The van der Waals surface area contributed by atoms with Crippen LogP contribution in [0.15, 0.2) is 42.6 Å². The van der Waals surface area contributed by atoms with Crippen LogP contribution in [0, 0.1) is 0 Å². The lowest BCUT2D eigenvalue weighted by molar-refractivity contribution is -0.130. The zero-order valence-electron chi connectivity index (χ0n) is 14.3. The maximum Gasteiger partial charge on any atom is 0.248 e. The van der Waals surface area contributed by atoms with E-state index in [0.29, 0.717) is 30.1 Å². The van der Waals surface area contributed by atoms with Crippen molar-refractivity contribution in [1.82, 2.24) is 10.3 Å². The Balaban J connectivity index is 1.89. The molecular formula is C19H21N3O3. The maximum absolute atomic E-state index is 13.1. The van der Waals surface area contributed by atoms with Gasteiger partial charge in [0.05, 0.1) is 11.1 Å². The summed E-state index contributed by atoms with van der Waals surface area (Å²) in [6.45, 7) is 4.62. The number of pyridine rings is 1. The lowest BCUT2D eigenvalue weighted by Gasteiger charge is -2.27. The van der Waals surface area contributed by atoms with Crippen LogP contribution in [0.2, 0.25) is 0 Å². The highest BCUT2D eigenvalue weighted by Gasteiger charge is 2.38. The molecule has 0 fully saturated rings. The number of nitrogens with two attached hydrogens (primary N) is 1. The maximum atomic E-state index is 13.1. The highest BCUT2D eigenvalue weighted by molar-refractivity contribution is 5.94. The normalized spacial score (nSPS) is 17.1. The van der Waals surface area contributed by atoms with Gasteiger partial charge in [-0.1, -0.05) is 12.1 Å². The number of ketones is 1. The Morgan fingerprint density at radius 1 is 1.28 bits per heavy atom. The van der Waals surface area contributed by atoms with Gasteiger partial charge in [-0.2, -0.15) is 0 Å². The number of hydrogen-bond acceptors (Lipinski definition) is 5. The topological polar surface area (TPSA) is 94.3 Å². The van der Waals surface area contributed by atoms with Crippen molar-refractivity contribution >= 4 is 11.7 Å². The molecule has 1 atom stereocenters. The second kappa shape index (κ2) is 6.64. The molecule has 1 unspecified atom stereocenters. The molecule has 1 aromatic carbocycles. The summed E-state index contributed by atoms with van der Waals surface area (Å²) in [5.74, 6) is -0.0900. The summed E-state index contributed by atoms with van der Waals surface area (Å²) in [6, 6.07) is 10.6. The molecule has 0 spiro atoms. The third-order valence-corrected chi connectivity index (χ3v) is 4.48. The molecule has 130 valence electrons. The number of nitrogens with one attached hydrogen (secondary N) is 1. The minimum Gasteiger partial charge on any atom is -0.481 e. The molecular weight excluding hydrogens is 318 g/mol. The summed E-state index contributed by atoms with van der Waals surface area (Å²) in [5.41, 5.74) is 6.48. The van der Waals surface area contributed by atoms with Crippen molar-refractivity contribution in [2.45, 2.75) is 31.9 Å². The molecule has 2 aromatic rings. The van der Waals surface area contributed by atoms with E-state index in [1.165, 1.54) is 0 Å². The molecule has 0 saturated heterocycles. The number of aromatic nitrogens is 1. The van der Waals surface area contributed by atoms with Crippen molar-refractivity contribution in [3.63, 3.8) is 0 Å². The third kappa shape index (κ3) is 3.39. The quantitative estimate of drug-likeness (QED) is 0.882. The van der Waals surface area contributed by atoms with E-state index >= 15 is 0 Å². The fraction of sp³-hybridized carbons (Fsp3) is 0.316. The average Bonchev–Trinajstić information content (AvgIpc) is 2.83. The third-order valence-electron chi connectivity index (χ3n) is 4.48. The van der Waals surface area contributed by atoms with Crippen molar-refractivity contribution in [2.75, 3.05) is 6.54 Å². The minimum atomic E-state index is -0.792. The Morgan fingerprint density at radius 2 is 2.08 bits per heavy atom. The Hall–Kier alpha value is -2.73. The average molecular weight is 339 g/mol. The second-order valence-corrected chi connectivity index (χ2v) is 6.63. The molecule has 1 aliphatic heterocycles. The Labute approximate surface area is 146 Å². The number of nitrogens with zero attached hydrogens (tertiary/aromatic N) is 1. The SMILES string of the molecule is CC(C)(C(=O)C1CNCc2ccc(C(N)=O)cc2O1)c1ccccn1. The van der Waals surface area contributed by atoms with E-state index < -0.39 is 17.4 Å². The van der Waals surface area contributed by atoms with Gasteiger partial charge in [-0.05, 0) is 38.1 Å². The summed E-state index contributed by atoms with van der Waals surface area (Å²) in [5, 5.41) is 3.22. The molecule has 0 saturated carbocycles. The number of primary amides is 1. The van der Waals surface area contributed by atoms with Crippen LogP contribution in [0.25, 0.3) is 0 Å². The van der Waals surface area contributed by atoms with Crippen molar-refractivity contribution < 1.29 is 14.3 Å². The first-order chi connectivity index (χ1) is 11.9. The van der Waals surface area contributed by atoms with Crippen LogP contribution in [0.1, 0.15) is 35.5 Å². The molecule has 3 rings (SSSR count). The molecule has 6 heteroatoms. The van der Waals surface area contributed by atoms with Gasteiger partial charge in [-0.25, -0.2) is 0 Å². The Bertz CT molecular complexity index is 803. The summed E-state index contributed by atoms with van der Waals surface area (Å²) in [7, 11) is 0. The number of Topliss-reactive ketones (excluding diaryl/α,β-unsaturated/α-hetero) is 1. The van der Waals surface area contributed by atoms with Crippen molar-refractivity contribution in [3.05, 3.63) is 59.4 Å². The Kier molecular flexibility index (Phi) is 4.55. The van der Waals surface area contributed by atoms with Gasteiger partial charge < -0.3 is 15.8 Å². The molecule has 1 amide bonds. The highest BCUT2D eigenvalue weighted by Crippen LogP contribution is 2.28. The standard InChI is InChI=1S/C19H21N3O3/c1-19(2,16-5-3-4-8-22-16)17(23)15-11-21-10-13-7-6-12(18(20)24)9-14(13)25-15/h3-9,15,21H,10-11H2,1-2H3,(H2,20,24). The molecule has 6 nitrogen and oxygen atoms in total. The van der Waals surface area contributed by atoms with Crippen LogP contribution in [0.3, 0.4) is 0 Å². The summed E-state index contributed by atoms with van der Waals surface area (Å²) in [4.78, 5) is 28.8. The zero-order valence-corrected chi connectivity index (χ0v) is 14.3. The number of fused-ring (bicyclic) bond motifs is 1. The van der Waals surface area contributed by atoms with E-state index in [4.69, 9.17) is 10.5 Å². The van der Waals surface area contributed by atoms with Crippen molar-refractivity contribution in [3.8, 4) is 5.75 Å². The first kappa shape index (κ1) is 17.1. The lowest BCUT2D eigenvalue weighted by atomic mass is 9.81. The minimum absolute atomic E-state index is 0.0731. The van der Waals surface area contributed by atoms with Gasteiger partial charge >= 0.3 is 0 Å². The van der Waals surface area contributed by atoms with Gasteiger partial charge in [-0.3, -0.25) is 14.6 Å². The monoisotopic (exact) mass is 339 g/mol. The largest absolute Gasteiger partial charge is 0.481 e. The fourth-order valence-corrected chi connectivity index (χ4v) is 2.90. The molecule has 2 heterocycles. The van der Waals surface area contributed by atoms with Gasteiger partial charge in [-0.15, -0.1) is 0 Å². The van der Waals surface area contributed by atoms with E-state index in [-0.39, 0.29) is 5.78 Å². The summed E-state index contributed by atoms with van der Waals surface area (Å²) < 4.78 is 5.97. The van der Waals surface area contributed by atoms with E-state index in [1.807, 2.05) is 32.0 Å². The molecule has 1 aliphatic rings. The van der Waals surface area contributed by atoms with Gasteiger partial charge in [0.1, 0.15) is 5.75 Å². The zero-order chi connectivity index (χ0) is 18.0. The first-order valence-corrected chi connectivity index (χ1v) is 8.15. The number of hydrogen-bond donors (Lipinski definition) is 2. The van der Waals surface area contributed by atoms with Crippen LogP contribution >= 0.6 is 0 Å². The second-order valence-electron chi connectivity index (χ2n) is 6.63. The van der Waals surface area contributed by atoms with Gasteiger partial charge in [0.2, 0.25) is 5.91 Å². The van der Waals surface area contributed by atoms with Crippen molar-refractivity contribution in [2.24, 2.45) is 5.73 Å². The van der Waals surface area contributed by atoms with Crippen LogP contribution in [-0.4, -0.2) is 29.3 Å². The first-order valence-electron chi connectivity index (χ1n) is 8.15.